The molecule has 1 heteroatoms. The third kappa shape index (κ3) is 3.02. The lowest BCUT2D eigenvalue weighted by Crippen LogP contribution is -2.22. The third-order valence-corrected chi connectivity index (χ3v) is 6.99. The van der Waals surface area contributed by atoms with Gasteiger partial charge in [-0.25, -0.2) is 0 Å². The summed E-state index contributed by atoms with van der Waals surface area (Å²) in [5.74, 6) is 0. The number of fused-ring (bicyclic) bond motifs is 1. The van der Waals surface area contributed by atoms with Crippen molar-refractivity contribution in [2.75, 3.05) is 0 Å². The summed E-state index contributed by atoms with van der Waals surface area (Å²) in [5, 5.41) is 6.74. The maximum atomic E-state index is 4.03. The predicted molar refractivity (Wildman–Crippen MR) is 113 cm³/mol. The highest BCUT2D eigenvalue weighted by molar-refractivity contribution is 7.80. The van der Waals surface area contributed by atoms with E-state index in [1.54, 1.807) is 0 Å². The second-order valence-corrected chi connectivity index (χ2v) is 8.08. The molecule has 0 saturated carbocycles. The molecule has 1 atom stereocenters. The summed E-state index contributed by atoms with van der Waals surface area (Å²) in [7, 11) is -0.644. The van der Waals surface area contributed by atoms with Gasteiger partial charge in [-0.2, -0.15) is 0 Å². The Morgan fingerprint density at radius 2 is 1.24 bits per heavy atom. The molecule has 0 aromatic heterocycles. The summed E-state index contributed by atoms with van der Waals surface area (Å²) in [6, 6.07) is 34.8. The normalized spacial score (nSPS) is 12.0. The van der Waals surface area contributed by atoms with Crippen LogP contribution in [0.4, 0.5) is 0 Å². The minimum Gasteiger partial charge on any atom is -0.0984 e. The van der Waals surface area contributed by atoms with Gasteiger partial charge in [0.2, 0.25) is 0 Å². The van der Waals surface area contributed by atoms with Crippen LogP contribution in [0, 0.1) is 0 Å². The van der Waals surface area contributed by atoms with Crippen molar-refractivity contribution in [3.8, 4) is 0 Å². The molecule has 0 amide bonds. The number of hydrogen-bond acceptors (Lipinski definition) is 0. The molecule has 4 aromatic carbocycles. The van der Waals surface area contributed by atoms with E-state index in [1.165, 1.54) is 32.2 Å². The first-order valence-electron chi connectivity index (χ1n) is 8.43. The zero-order valence-corrected chi connectivity index (χ0v) is 14.9. The molecular weight excluding hydrogens is 319 g/mol. The predicted octanol–water partition coefficient (Wildman–Crippen LogP) is 5.24. The van der Waals surface area contributed by atoms with E-state index in [2.05, 4.69) is 104 Å². The molecule has 4 rings (SSSR count). The van der Waals surface area contributed by atoms with Crippen LogP contribution in [-0.4, -0.2) is 0 Å². The summed E-state index contributed by atoms with van der Waals surface area (Å²) >= 11 is 0. The number of benzene rings is 4. The standard InChI is InChI=1S/C24H19P/c1-2-19-11-7-9-17-23(19)25(21-14-4-3-5-15-21)24-18-10-13-20-12-6-8-16-22(20)24/h2-18H,1H2. The van der Waals surface area contributed by atoms with Crippen LogP contribution < -0.4 is 15.9 Å². The number of hydrogen-bond donors (Lipinski definition) is 0. The maximum absolute atomic E-state index is 4.03. The zero-order valence-electron chi connectivity index (χ0n) is 14.0. The molecule has 0 aliphatic rings. The summed E-state index contributed by atoms with van der Waals surface area (Å²) in [6.07, 6.45) is 1.97. The second-order valence-electron chi connectivity index (χ2n) is 5.93. The van der Waals surface area contributed by atoms with Crippen molar-refractivity contribution in [2.45, 2.75) is 0 Å². The fraction of sp³-hybridized carbons (Fsp3) is 0. The third-order valence-electron chi connectivity index (χ3n) is 4.42. The van der Waals surface area contributed by atoms with Gasteiger partial charge >= 0.3 is 0 Å². The van der Waals surface area contributed by atoms with E-state index in [0.29, 0.717) is 0 Å². The maximum Gasteiger partial charge on any atom is -0.00724 e. The lowest BCUT2D eigenvalue weighted by Gasteiger charge is -2.22. The van der Waals surface area contributed by atoms with Crippen molar-refractivity contribution < 1.29 is 0 Å². The van der Waals surface area contributed by atoms with E-state index < -0.39 is 7.92 Å². The number of rotatable bonds is 4. The van der Waals surface area contributed by atoms with Crippen LogP contribution >= 0.6 is 7.92 Å². The Hall–Kier alpha value is -2.69. The van der Waals surface area contributed by atoms with E-state index in [9.17, 15) is 0 Å². The van der Waals surface area contributed by atoms with Gasteiger partial charge in [-0.15, -0.1) is 0 Å². The molecule has 0 aliphatic heterocycles. The van der Waals surface area contributed by atoms with Crippen molar-refractivity contribution >= 4 is 40.7 Å². The Labute approximate surface area is 150 Å². The van der Waals surface area contributed by atoms with E-state index in [0.717, 1.165) is 0 Å². The van der Waals surface area contributed by atoms with Crippen molar-refractivity contribution in [1.82, 2.24) is 0 Å². The van der Waals surface area contributed by atoms with Gasteiger partial charge in [0.1, 0.15) is 0 Å². The molecular formula is C24H19P. The molecule has 0 heterocycles. The monoisotopic (exact) mass is 338 g/mol. The minimum absolute atomic E-state index is 0.644. The van der Waals surface area contributed by atoms with Gasteiger partial charge in [-0.1, -0.05) is 110 Å². The van der Waals surface area contributed by atoms with Gasteiger partial charge in [0.15, 0.2) is 0 Å². The summed E-state index contributed by atoms with van der Waals surface area (Å²) in [4.78, 5) is 0. The lowest BCUT2D eigenvalue weighted by atomic mass is 10.1. The first-order valence-corrected chi connectivity index (χ1v) is 9.77. The van der Waals surface area contributed by atoms with Crippen LogP contribution in [0.1, 0.15) is 5.56 Å². The van der Waals surface area contributed by atoms with Gasteiger partial charge < -0.3 is 0 Å². The highest BCUT2D eigenvalue weighted by Crippen LogP contribution is 2.36. The molecule has 0 fully saturated rings. The molecule has 25 heavy (non-hydrogen) atoms. The quantitative estimate of drug-likeness (QED) is 0.446. The smallest absolute Gasteiger partial charge is 0.00724 e. The van der Waals surface area contributed by atoms with Crippen LogP contribution in [0.5, 0.6) is 0 Å². The Morgan fingerprint density at radius 1 is 0.600 bits per heavy atom. The molecule has 0 saturated heterocycles. The Balaban J connectivity index is 2.03. The summed E-state index contributed by atoms with van der Waals surface area (Å²) < 4.78 is 0. The molecule has 0 bridgehead atoms. The fourth-order valence-electron chi connectivity index (χ4n) is 3.25. The topological polar surface area (TPSA) is 0 Å². The van der Waals surface area contributed by atoms with Gasteiger partial charge in [0.05, 0.1) is 0 Å². The Morgan fingerprint density at radius 3 is 2.08 bits per heavy atom. The van der Waals surface area contributed by atoms with Gasteiger partial charge in [-0.05, 0) is 40.2 Å². The zero-order chi connectivity index (χ0) is 17.1. The highest BCUT2D eigenvalue weighted by atomic mass is 31.1. The van der Waals surface area contributed by atoms with E-state index in [-0.39, 0.29) is 0 Å². The largest absolute Gasteiger partial charge is 0.0984 e. The van der Waals surface area contributed by atoms with Crippen molar-refractivity contribution in [1.29, 1.82) is 0 Å². The van der Waals surface area contributed by atoms with E-state index in [4.69, 9.17) is 0 Å². The van der Waals surface area contributed by atoms with Gasteiger partial charge in [0.25, 0.3) is 0 Å². The minimum atomic E-state index is -0.644. The SMILES string of the molecule is C=Cc1ccccc1P(c1ccccc1)c1cccc2ccccc12. The van der Waals surface area contributed by atoms with Gasteiger partial charge in [-0.3, -0.25) is 0 Å². The van der Waals surface area contributed by atoms with E-state index in [1.807, 2.05) is 6.08 Å². The average molecular weight is 338 g/mol. The van der Waals surface area contributed by atoms with Crippen LogP contribution in [-0.2, 0) is 0 Å². The molecule has 0 aliphatic carbocycles. The highest BCUT2D eigenvalue weighted by Gasteiger charge is 2.20. The Kier molecular flexibility index (Phi) is 4.46. The summed E-state index contributed by atoms with van der Waals surface area (Å²) in [5.41, 5.74) is 1.21. The van der Waals surface area contributed by atoms with Crippen LogP contribution in [0.25, 0.3) is 16.8 Å². The fourth-order valence-corrected chi connectivity index (χ4v) is 5.88. The molecule has 4 aromatic rings. The van der Waals surface area contributed by atoms with Crippen molar-refractivity contribution in [3.63, 3.8) is 0 Å². The molecule has 0 N–H and O–H groups in total. The van der Waals surface area contributed by atoms with Crippen LogP contribution in [0.15, 0.2) is 104 Å². The van der Waals surface area contributed by atoms with Crippen LogP contribution in [0.2, 0.25) is 0 Å². The molecule has 0 radical (unpaired) electrons. The van der Waals surface area contributed by atoms with Crippen LogP contribution in [0.3, 0.4) is 0 Å². The summed E-state index contributed by atoms with van der Waals surface area (Å²) in [6.45, 7) is 4.03. The van der Waals surface area contributed by atoms with Gasteiger partial charge in [0, 0.05) is 0 Å². The molecule has 0 nitrogen and oxygen atoms in total. The lowest BCUT2D eigenvalue weighted by molar-refractivity contribution is 1.71. The average Bonchev–Trinajstić information content (AvgIpc) is 2.70. The second kappa shape index (κ2) is 7.05. The Bertz CT molecular complexity index is 1010. The molecule has 0 spiro atoms. The van der Waals surface area contributed by atoms with Crippen molar-refractivity contribution in [2.24, 2.45) is 0 Å². The first kappa shape index (κ1) is 15.8. The molecule has 1 unspecified atom stereocenters. The van der Waals surface area contributed by atoms with E-state index >= 15 is 0 Å². The first-order chi connectivity index (χ1) is 12.4. The molecule has 120 valence electrons. The van der Waals surface area contributed by atoms with Crippen molar-refractivity contribution in [3.05, 3.63) is 109 Å².